The number of nitrogens with zero attached hydrogens (tertiary/aromatic N) is 2. The molecule has 104 valence electrons. The van der Waals surface area contributed by atoms with E-state index >= 15 is 0 Å². The summed E-state index contributed by atoms with van der Waals surface area (Å²) in [7, 11) is 2.00. The Morgan fingerprint density at radius 1 is 1.32 bits per heavy atom. The molecule has 0 spiro atoms. The Kier molecular flexibility index (Phi) is 3.43. The molecule has 0 aromatic heterocycles. The summed E-state index contributed by atoms with van der Waals surface area (Å²) in [4.78, 5) is 4.40. The Morgan fingerprint density at radius 2 is 2.05 bits per heavy atom. The molecular weight excluding hydrogens is 245 g/mol. The molecule has 1 saturated heterocycles. The molecule has 4 nitrogen and oxygen atoms in total. The zero-order valence-corrected chi connectivity index (χ0v) is 11.1. The number of nitrogens with one attached hydrogen (secondary N) is 1. The van der Waals surface area contributed by atoms with Crippen LogP contribution in [-0.2, 0) is 0 Å². The second kappa shape index (κ2) is 5.07. The van der Waals surface area contributed by atoms with Gasteiger partial charge in [0.2, 0.25) is 0 Å². The van der Waals surface area contributed by atoms with Crippen LogP contribution in [0.3, 0.4) is 0 Å². The van der Waals surface area contributed by atoms with Gasteiger partial charge in [-0.1, -0.05) is 0 Å². The first-order chi connectivity index (χ1) is 9.16. The number of halogens is 1. The first-order valence-corrected chi connectivity index (χ1v) is 6.80. The molecule has 2 aliphatic heterocycles. The summed E-state index contributed by atoms with van der Waals surface area (Å²) in [5, 5.41) is 13.9. The van der Waals surface area contributed by atoms with E-state index in [0.717, 1.165) is 38.4 Å². The van der Waals surface area contributed by atoms with Crippen LogP contribution in [0.1, 0.15) is 11.7 Å². The van der Waals surface area contributed by atoms with E-state index in [9.17, 15) is 9.50 Å². The van der Waals surface area contributed by atoms with Crippen LogP contribution < -0.4 is 10.2 Å². The van der Waals surface area contributed by atoms with Crippen molar-refractivity contribution in [2.45, 2.75) is 12.1 Å². The SMILES string of the molecule is CN1CC(N2CCNCC2)C(O)c2cc(F)ccc21. The fourth-order valence-corrected chi connectivity index (χ4v) is 3.12. The molecule has 2 N–H and O–H groups in total. The number of aliphatic hydroxyl groups excluding tert-OH is 1. The van der Waals surface area contributed by atoms with Crippen molar-refractivity contribution < 1.29 is 9.50 Å². The van der Waals surface area contributed by atoms with E-state index in [1.54, 1.807) is 6.07 Å². The molecule has 5 heteroatoms. The number of hydrogen-bond donors (Lipinski definition) is 2. The van der Waals surface area contributed by atoms with Crippen molar-refractivity contribution in [2.75, 3.05) is 44.7 Å². The largest absolute Gasteiger partial charge is 0.387 e. The number of benzene rings is 1. The highest BCUT2D eigenvalue weighted by atomic mass is 19.1. The molecule has 0 bridgehead atoms. The second-order valence-corrected chi connectivity index (χ2v) is 5.38. The van der Waals surface area contributed by atoms with Gasteiger partial charge in [0.15, 0.2) is 0 Å². The van der Waals surface area contributed by atoms with E-state index in [2.05, 4.69) is 15.1 Å². The Balaban J connectivity index is 1.89. The molecule has 2 unspecified atom stereocenters. The summed E-state index contributed by atoms with van der Waals surface area (Å²) in [6.45, 7) is 4.53. The number of fused-ring (bicyclic) bond motifs is 1. The van der Waals surface area contributed by atoms with Crippen LogP contribution in [0.2, 0.25) is 0 Å². The Morgan fingerprint density at radius 3 is 2.79 bits per heavy atom. The zero-order valence-electron chi connectivity index (χ0n) is 11.1. The molecule has 1 fully saturated rings. The fraction of sp³-hybridized carbons (Fsp3) is 0.571. The molecule has 0 saturated carbocycles. The van der Waals surface area contributed by atoms with Gasteiger partial charge in [-0.3, -0.25) is 4.90 Å². The summed E-state index contributed by atoms with van der Waals surface area (Å²) >= 11 is 0. The van der Waals surface area contributed by atoms with Gasteiger partial charge in [-0.2, -0.15) is 0 Å². The molecule has 1 aromatic rings. The highest BCUT2D eigenvalue weighted by Gasteiger charge is 2.35. The van der Waals surface area contributed by atoms with Gasteiger partial charge in [-0.25, -0.2) is 4.39 Å². The van der Waals surface area contributed by atoms with Crippen molar-refractivity contribution in [1.29, 1.82) is 0 Å². The zero-order chi connectivity index (χ0) is 13.4. The first-order valence-electron chi connectivity index (χ1n) is 6.80. The van der Waals surface area contributed by atoms with Gasteiger partial charge in [0.05, 0.1) is 12.1 Å². The number of anilines is 1. The molecule has 2 aliphatic rings. The lowest BCUT2D eigenvalue weighted by Gasteiger charge is -2.44. The predicted octanol–water partition coefficient (Wildman–Crippen LogP) is 0.583. The first kappa shape index (κ1) is 12.8. The van der Waals surface area contributed by atoms with Crippen LogP contribution in [-0.4, -0.2) is 55.8 Å². The number of rotatable bonds is 1. The summed E-state index contributed by atoms with van der Waals surface area (Å²) in [6.07, 6.45) is -0.611. The molecular formula is C14H20FN3O. The van der Waals surface area contributed by atoms with E-state index in [1.807, 2.05) is 7.05 Å². The van der Waals surface area contributed by atoms with Crippen molar-refractivity contribution in [2.24, 2.45) is 0 Å². The highest BCUT2D eigenvalue weighted by Crippen LogP contribution is 2.35. The quantitative estimate of drug-likeness (QED) is 0.779. The van der Waals surface area contributed by atoms with E-state index in [4.69, 9.17) is 0 Å². The van der Waals surface area contributed by atoms with Crippen molar-refractivity contribution in [1.82, 2.24) is 10.2 Å². The summed E-state index contributed by atoms with van der Waals surface area (Å²) in [5.41, 5.74) is 1.64. The molecule has 0 radical (unpaired) electrons. The van der Waals surface area contributed by atoms with E-state index < -0.39 is 6.10 Å². The van der Waals surface area contributed by atoms with Gasteiger partial charge < -0.3 is 15.3 Å². The standard InChI is InChI=1S/C14H20FN3O/c1-17-9-13(18-6-4-16-5-7-18)14(19)11-8-10(15)2-3-12(11)17/h2-3,8,13-14,16,19H,4-7,9H2,1H3. The molecule has 2 atom stereocenters. The van der Waals surface area contributed by atoms with Gasteiger partial charge in [0.25, 0.3) is 0 Å². The van der Waals surface area contributed by atoms with Crippen LogP contribution in [0.15, 0.2) is 18.2 Å². The van der Waals surface area contributed by atoms with Crippen LogP contribution in [0.5, 0.6) is 0 Å². The van der Waals surface area contributed by atoms with Crippen LogP contribution in [0.4, 0.5) is 10.1 Å². The second-order valence-electron chi connectivity index (χ2n) is 5.38. The summed E-state index contributed by atoms with van der Waals surface area (Å²) in [6, 6.07) is 4.71. The van der Waals surface area contributed by atoms with Gasteiger partial charge in [0.1, 0.15) is 5.82 Å². The topological polar surface area (TPSA) is 38.7 Å². The minimum Gasteiger partial charge on any atom is -0.387 e. The molecule has 0 amide bonds. The third-order valence-corrected chi connectivity index (χ3v) is 4.17. The Bertz CT molecular complexity index is 462. The van der Waals surface area contributed by atoms with E-state index in [0.29, 0.717) is 5.56 Å². The van der Waals surface area contributed by atoms with Crippen molar-refractivity contribution in [3.63, 3.8) is 0 Å². The summed E-state index contributed by atoms with van der Waals surface area (Å²) in [5.74, 6) is -0.285. The highest BCUT2D eigenvalue weighted by molar-refractivity contribution is 5.57. The van der Waals surface area contributed by atoms with Crippen LogP contribution >= 0.6 is 0 Å². The van der Waals surface area contributed by atoms with Gasteiger partial charge >= 0.3 is 0 Å². The number of aliphatic hydroxyl groups is 1. The maximum absolute atomic E-state index is 13.4. The lowest BCUT2D eigenvalue weighted by atomic mass is 9.93. The summed E-state index contributed by atoms with van der Waals surface area (Å²) < 4.78 is 13.4. The molecule has 19 heavy (non-hydrogen) atoms. The molecule has 3 rings (SSSR count). The fourth-order valence-electron chi connectivity index (χ4n) is 3.12. The third-order valence-electron chi connectivity index (χ3n) is 4.17. The lowest BCUT2D eigenvalue weighted by molar-refractivity contribution is 0.0404. The van der Waals surface area contributed by atoms with Gasteiger partial charge in [-0.15, -0.1) is 0 Å². The third kappa shape index (κ3) is 2.33. The molecule has 2 heterocycles. The van der Waals surface area contributed by atoms with Crippen LogP contribution in [0, 0.1) is 5.82 Å². The minimum atomic E-state index is -0.611. The Labute approximate surface area is 112 Å². The number of likely N-dealkylation sites (N-methyl/N-ethyl adjacent to an activating group) is 1. The minimum absolute atomic E-state index is 0.0430. The van der Waals surface area contributed by atoms with Crippen LogP contribution in [0.25, 0.3) is 0 Å². The Hall–Kier alpha value is -1.17. The average Bonchev–Trinajstić information content (AvgIpc) is 2.43. The van der Waals surface area contributed by atoms with Gasteiger partial charge in [0, 0.05) is 51.0 Å². The smallest absolute Gasteiger partial charge is 0.123 e. The molecule has 1 aromatic carbocycles. The maximum atomic E-state index is 13.4. The lowest BCUT2D eigenvalue weighted by Crippen LogP contribution is -2.55. The number of piperazine rings is 1. The van der Waals surface area contributed by atoms with E-state index in [-0.39, 0.29) is 11.9 Å². The average molecular weight is 265 g/mol. The monoisotopic (exact) mass is 265 g/mol. The number of hydrogen-bond acceptors (Lipinski definition) is 4. The maximum Gasteiger partial charge on any atom is 0.123 e. The van der Waals surface area contributed by atoms with Crippen molar-refractivity contribution >= 4 is 5.69 Å². The van der Waals surface area contributed by atoms with Crippen molar-refractivity contribution in [3.8, 4) is 0 Å². The van der Waals surface area contributed by atoms with Gasteiger partial charge in [-0.05, 0) is 18.2 Å². The van der Waals surface area contributed by atoms with Crippen molar-refractivity contribution in [3.05, 3.63) is 29.6 Å². The predicted molar refractivity (Wildman–Crippen MR) is 72.9 cm³/mol. The van der Waals surface area contributed by atoms with E-state index in [1.165, 1.54) is 12.1 Å². The molecule has 0 aliphatic carbocycles. The normalized spacial score (nSPS) is 28.3.